The van der Waals surface area contributed by atoms with Crippen LogP contribution in [-0.2, 0) is 0 Å². The zero-order chi connectivity index (χ0) is 10.7. The molecule has 0 heterocycles. The maximum Gasteiger partial charge on any atom is 0.0459 e. The first kappa shape index (κ1) is 0.873. The molecule has 1 saturated carbocycles. The molecule has 0 saturated heterocycles. The molecule has 0 radical (unpaired) electrons. The molecule has 1 heteroatoms. The minimum absolute atomic E-state index is 1.04. The molecule has 1 fully saturated rings. The van der Waals surface area contributed by atoms with E-state index in [1.165, 1.54) is 0 Å². The Morgan fingerprint density at radius 2 is 2.67 bits per heavy atom. The van der Waals surface area contributed by atoms with Gasteiger partial charge in [-0.1, -0.05) is 6.37 Å². The van der Waals surface area contributed by atoms with Crippen LogP contribution in [0.25, 0.3) is 0 Å². The van der Waals surface area contributed by atoms with Crippen LogP contribution >= 0.6 is 0 Å². The van der Waals surface area contributed by atoms with Gasteiger partial charge in [0.15, 0.2) is 0 Å². The van der Waals surface area contributed by atoms with Gasteiger partial charge in [0, 0.05) is 16.2 Å². The Hall–Kier alpha value is -0.0400. The standard InChI is InChI=1S/C5H10O/c6-4-5-2-1-3-5/h5-6H,1-4H2/i1D2,2D2,3D2,5D. The van der Waals surface area contributed by atoms with E-state index in [4.69, 9.17) is 14.7 Å². The highest BCUT2D eigenvalue weighted by Gasteiger charge is 2.14. The molecular formula is C5H10O. The summed E-state index contributed by atoms with van der Waals surface area (Å²) in [5.41, 5.74) is 0. The van der Waals surface area contributed by atoms with E-state index in [1.807, 2.05) is 0 Å². The van der Waals surface area contributed by atoms with Crippen molar-refractivity contribution in [2.45, 2.75) is 19.1 Å². The van der Waals surface area contributed by atoms with E-state index in [9.17, 15) is 0 Å². The number of aliphatic hydroxyl groups is 1. The molecule has 36 valence electrons. The molecule has 0 bridgehead atoms. The van der Waals surface area contributed by atoms with Crippen LogP contribution in [0.15, 0.2) is 0 Å². The first-order valence-electron chi connectivity index (χ1n) is 5.17. The highest BCUT2D eigenvalue weighted by atomic mass is 16.3. The van der Waals surface area contributed by atoms with E-state index >= 15 is 0 Å². The molecule has 1 aliphatic rings. The van der Waals surface area contributed by atoms with E-state index in [-0.39, 0.29) is 0 Å². The molecule has 0 aliphatic heterocycles. The molecule has 6 heavy (non-hydrogen) atoms. The molecule has 0 aromatic rings. The first-order valence-corrected chi connectivity index (χ1v) is 1.67. The van der Waals surface area contributed by atoms with Crippen LogP contribution in [0.4, 0.5) is 0 Å². The summed E-state index contributed by atoms with van der Waals surface area (Å²) < 4.78 is 50.3. The quantitative estimate of drug-likeness (QED) is 0.508. The maximum absolute atomic E-state index is 8.71. The van der Waals surface area contributed by atoms with E-state index in [0.717, 1.165) is 0 Å². The van der Waals surface area contributed by atoms with Crippen LogP contribution in [0.3, 0.4) is 0 Å². The predicted octanol–water partition coefficient (Wildman–Crippen LogP) is 0.779. The second kappa shape index (κ2) is 1.61. The third-order valence-electron chi connectivity index (χ3n) is 0.585. The van der Waals surface area contributed by atoms with Gasteiger partial charge >= 0.3 is 0 Å². The SMILES string of the molecule is [2H]C1([2H])C([2H])([2H])C([2H])(CO)C1([2H])[2H]. The average molecular weight is 93.2 g/mol. The Labute approximate surface area is 47.8 Å². The van der Waals surface area contributed by atoms with Crippen molar-refractivity contribution in [1.29, 1.82) is 0 Å². The summed E-state index contributed by atoms with van der Waals surface area (Å²) in [4.78, 5) is 0. The van der Waals surface area contributed by atoms with Crippen LogP contribution in [0.1, 0.15) is 28.7 Å². The zero-order valence-corrected chi connectivity index (χ0v) is 3.15. The molecule has 1 rings (SSSR count). The van der Waals surface area contributed by atoms with Crippen LogP contribution in [0.2, 0.25) is 0 Å². The molecule has 0 amide bonds. The van der Waals surface area contributed by atoms with Gasteiger partial charge in [-0.2, -0.15) is 0 Å². The summed E-state index contributed by atoms with van der Waals surface area (Å²) >= 11 is 0. The molecule has 0 spiro atoms. The summed E-state index contributed by atoms with van der Waals surface area (Å²) in [6, 6.07) is 0. The summed E-state index contributed by atoms with van der Waals surface area (Å²) in [5, 5.41) is 8.71. The van der Waals surface area contributed by atoms with Gasteiger partial charge in [-0.25, -0.2) is 0 Å². The Morgan fingerprint density at radius 3 is 3.00 bits per heavy atom. The van der Waals surface area contributed by atoms with Gasteiger partial charge in [-0.3, -0.25) is 0 Å². The molecule has 1 N–H and O–H groups in total. The van der Waals surface area contributed by atoms with Crippen molar-refractivity contribution in [2.24, 2.45) is 5.89 Å². The van der Waals surface area contributed by atoms with Crippen molar-refractivity contribution in [3.05, 3.63) is 0 Å². The Bertz CT molecular complexity index is 217. The predicted molar refractivity (Wildman–Crippen MR) is 24.4 cm³/mol. The van der Waals surface area contributed by atoms with Gasteiger partial charge < -0.3 is 5.11 Å². The van der Waals surface area contributed by atoms with Gasteiger partial charge in [0.1, 0.15) is 0 Å². The maximum atomic E-state index is 8.71. The normalized spacial score (nSPS) is 71.2. The number of rotatable bonds is 1. The average Bonchev–Trinajstić information content (AvgIpc) is 2.00. The number of hydrogen-bond donors (Lipinski definition) is 1. The minimum atomic E-state index is -2.73. The van der Waals surface area contributed by atoms with Gasteiger partial charge in [-0.15, -0.1) is 0 Å². The summed E-state index contributed by atoms with van der Waals surface area (Å²) in [6.07, 6.45) is -8.07. The smallest absolute Gasteiger partial charge is 0.0459 e. The van der Waals surface area contributed by atoms with Crippen LogP contribution in [-0.4, -0.2) is 11.7 Å². The largest absolute Gasteiger partial charge is 0.396 e. The van der Waals surface area contributed by atoms with Gasteiger partial charge in [0.05, 0.1) is 0 Å². The van der Waals surface area contributed by atoms with Gasteiger partial charge in [0.2, 0.25) is 0 Å². The van der Waals surface area contributed by atoms with Crippen molar-refractivity contribution >= 4 is 0 Å². The number of hydrogen-bond acceptors (Lipinski definition) is 1. The lowest BCUT2D eigenvalue weighted by Crippen LogP contribution is -2.14. The van der Waals surface area contributed by atoms with E-state index in [1.54, 1.807) is 0 Å². The summed E-state index contributed by atoms with van der Waals surface area (Å²) in [7, 11) is 0. The molecular weight excluding hydrogens is 76.1 g/mol. The third kappa shape index (κ3) is 0.548. The summed E-state index contributed by atoms with van der Waals surface area (Å²) in [5.74, 6) is -2.41. The van der Waals surface area contributed by atoms with Crippen molar-refractivity contribution < 1.29 is 14.7 Å². The first-order chi connectivity index (χ1) is 5.56. The zero-order valence-electron chi connectivity index (χ0n) is 10.2. The highest BCUT2D eigenvalue weighted by molar-refractivity contribution is 4.66. The fourth-order valence-electron chi connectivity index (χ4n) is 0.230. The molecule has 1 aliphatic carbocycles. The third-order valence-corrected chi connectivity index (χ3v) is 0.585. The second-order valence-corrected chi connectivity index (χ2v) is 1.01. The van der Waals surface area contributed by atoms with Crippen LogP contribution in [0.5, 0.6) is 0 Å². The fraction of sp³-hybridized carbons (Fsp3) is 1.00. The van der Waals surface area contributed by atoms with Crippen molar-refractivity contribution in [3.8, 4) is 0 Å². The minimum Gasteiger partial charge on any atom is -0.396 e. The van der Waals surface area contributed by atoms with Gasteiger partial charge in [-0.05, 0) is 18.6 Å². The van der Waals surface area contributed by atoms with Crippen LogP contribution in [0, 0.1) is 5.89 Å². The second-order valence-electron chi connectivity index (χ2n) is 1.01. The summed E-state index contributed by atoms with van der Waals surface area (Å²) in [6.45, 7) is -1.04. The van der Waals surface area contributed by atoms with Crippen molar-refractivity contribution in [1.82, 2.24) is 0 Å². The Morgan fingerprint density at radius 1 is 2.00 bits per heavy atom. The van der Waals surface area contributed by atoms with Crippen molar-refractivity contribution in [3.63, 3.8) is 0 Å². The highest BCUT2D eigenvalue weighted by Crippen LogP contribution is 2.24. The van der Waals surface area contributed by atoms with E-state index in [0.29, 0.717) is 0 Å². The molecule has 0 aromatic carbocycles. The molecule has 0 unspecified atom stereocenters. The van der Waals surface area contributed by atoms with Crippen molar-refractivity contribution in [2.75, 3.05) is 6.61 Å². The Kier molecular flexibility index (Phi) is 0.234. The van der Waals surface area contributed by atoms with E-state index < -0.39 is 31.6 Å². The van der Waals surface area contributed by atoms with Crippen LogP contribution < -0.4 is 0 Å². The monoisotopic (exact) mass is 93.1 g/mol. The molecule has 0 aromatic heterocycles. The van der Waals surface area contributed by atoms with E-state index in [2.05, 4.69) is 0 Å². The lowest BCUT2D eigenvalue weighted by Gasteiger charge is -2.21. The Balaban J connectivity index is 3.18. The molecule has 0 atom stereocenters. The van der Waals surface area contributed by atoms with Gasteiger partial charge in [0.25, 0.3) is 0 Å². The fourth-order valence-corrected chi connectivity index (χ4v) is 0.230. The lowest BCUT2D eigenvalue weighted by atomic mass is 9.86. The molecule has 1 nitrogen and oxygen atoms in total. The lowest BCUT2D eigenvalue weighted by molar-refractivity contribution is 0.163. The topological polar surface area (TPSA) is 20.2 Å². The number of aliphatic hydroxyl groups excluding tert-OH is 1.